The van der Waals surface area contributed by atoms with Crippen molar-refractivity contribution in [3.05, 3.63) is 123 Å². The number of rotatable bonds is 38. The third-order valence-corrected chi connectivity index (χ3v) is 28.9. The molecule has 4 fully saturated rings. The van der Waals surface area contributed by atoms with Crippen molar-refractivity contribution in [3.8, 4) is 5.75 Å². The van der Waals surface area contributed by atoms with Crippen LogP contribution in [-0.4, -0.2) is 293 Å². The van der Waals surface area contributed by atoms with Gasteiger partial charge in [-0.05, 0) is 124 Å². The molecule has 128 heavy (non-hydrogen) atoms. The van der Waals surface area contributed by atoms with Gasteiger partial charge in [-0.1, -0.05) is 91.5 Å². The van der Waals surface area contributed by atoms with E-state index < -0.39 is 173 Å². The Balaban J connectivity index is 0.633. The first-order valence-electron chi connectivity index (χ1n) is 43.5. The number of aromatic amines is 2. The number of aliphatic hydroxyl groups excluding tert-OH is 4. The van der Waals surface area contributed by atoms with E-state index in [4.69, 9.17) is 29.4 Å². The number of carbonyl (C=O) groups excluding carboxylic acids is 7. The lowest BCUT2D eigenvalue weighted by Crippen LogP contribution is -2.82. The van der Waals surface area contributed by atoms with Gasteiger partial charge in [0.15, 0.2) is 23.1 Å². The topological polar surface area (TPSA) is 569 Å². The van der Waals surface area contributed by atoms with E-state index in [1.807, 2.05) is 62.4 Å². The Labute approximate surface area is 745 Å². The second-order valence-electron chi connectivity index (χ2n) is 34.2. The fraction of sp³-hybridized carbons (Fsp3) is 0.575. The molecule has 2 bridgehead atoms. The molecular formula is C87H116N16O23S2. The van der Waals surface area contributed by atoms with Crippen LogP contribution in [0.1, 0.15) is 155 Å². The summed E-state index contributed by atoms with van der Waals surface area (Å²) in [5, 5.41) is 103. The number of hydrogen-bond acceptors (Lipinski definition) is 31. The van der Waals surface area contributed by atoms with Crippen LogP contribution < -0.4 is 58.4 Å². The molecule has 9 heterocycles. The number of nitrogens with one attached hydrogen (secondary N) is 9. The molecule has 1 aliphatic carbocycles. The summed E-state index contributed by atoms with van der Waals surface area (Å²) in [5.74, 6) is -7.98. The van der Waals surface area contributed by atoms with E-state index in [0.29, 0.717) is 130 Å². The van der Waals surface area contributed by atoms with Crippen LogP contribution in [0.25, 0.3) is 22.1 Å². The van der Waals surface area contributed by atoms with Gasteiger partial charge < -0.3 is 107 Å². The number of nitrogens with two attached hydrogens (primary N) is 1. The van der Waals surface area contributed by atoms with Gasteiger partial charge in [0, 0.05) is 139 Å². The maximum atomic E-state index is 15.6. The van der Waals surface area contributed by atoms with Crippen LogP contribution in [0.2, 0.25) is 0 Å². The lowest BCUT2D eigenvalue weighted by Gasteiger charge is -2.63. The quantitative estimate of drug-likeness (QED) is 0.00870. The predicted molar refractivity (Wildman–Crippen MR) is 470 cm³/mol. The van der Waals surface area contributed by atoms with Crippen LogP contribution in [0.5, 0.6) is 5.75 Å². The molecule has 7 aliphatic rings. The molecule has 41 heteroatoms. The number of carboxylic acid groups (broad SMARTS) is 2. The Hall–Kier alpha value is -10.3. The molecule has 1 saturated carbocycles. The molecule has 39 nitrogen and oxygen atoms in total. The van der Waals surface area contributed by atoms with Gasteiger partial charge in [-0.2, -0.15) is 4.98 Å². The maximum Gasteiger partial charge on any atom is 0.426 e. The highest BCUT2D eigenvalue weighted by molar-refractivity contribution is 8.76. The number of aliphatic carboxylic acids is 2. The highest BCUT2D eigenvalue weighted by Crippen LogP contribution is 2.68. The summed E-state index contributed by atoms with van der Waals surface area (Å²) in [6.07, 6.45) is 4.24. The van der Waals surface area contributed by atoms with E-state index in [1.165, 1.54) is 44.7 Å². The number of aromatic nitrogens is 5. The number of likely N-dealkylation sites (N-methyl/N-ethyl adjacent to an activating group) is 1. The standard InChI is InChI=1S/C87H116N16O23S2/c1-6-83(120)40-48-26-29-85(80(118)123-5,69-53(27-32-102(44-48)47-83)52-17-13-14-18-56(52)94-69)55-37-54-60(38-62(55)122-4)101(3)77-86(54)30-33-103-31-16-28-84(7-2,76(86)103)78(116)87(77,121)79(117)99-100-82(119)125-35-36-127-128-46-59(75(114)115)96-72(110)58(43-90-64(106)19-12-10-8-9-11-15-34-124-66-39-61(105)68(108)63(45-104)126-66)93-65(107)25-24-57(74(112)113)95-71(109)49-20-22-50(23-21-49)89-41-51-42-91-70-67(92-51)73(111)98-81(88)97-70/h13-14,16-18,20-23,28,37-38,42,48,57-59,61,63,66,68,76-78,89,94,104-105,108,116,120-121H,6-12,15,19,24-27,29-36,39-41,43-47H2,1-5H3,(H,90,106)(H,93,107)(H,95,109)(H,96,110)(H,99,117)(H,100,119)(H,112,113)(H,114,115)(H3,88,91,97,98,111). The summed E-state index contributed by atoms with van der Waals surface area (Å²) in [4.78, 5) is 162. The van der Waals surface area contributed by atoms with E-state index >= 15 is 9.59 Å². The van der Waals surface area contributed by atoms with Gasteiger partial charge in [0.1, 0.15) is 54.2 Å². The summed E-state index contributed by atoms with van der Waals surface area (Å²) in [6, 6.07) is 11.1. The summed E-state index contributed by atoms with van der Waals surface area (Å²) in [7, 11) is 6.65. The van der Waals surface area contributed by atoms with Crippen LogP contribution in [0.15, 0.2) is 83.8 Å². The number of hydrogen-bond donors (Lipinski definition) is 18. The minimum atomic E-state index is -2.70. The van der Waals surface area contributed by atoms with Crippen LogP contribution in [-0.2, 0) is 76.3 Å². The summed E-state index contributed by atoms with van der Waals surface area (Å²) in [5.41, 5.74) is 7.21. The van der Waals surface area contributed by atoms with E-state index in [9.17, 15) is 79.2 Å². The third-order valence-electron chi connectivity index (χ3n) is 26.5. The second-order valence-corrected chi connectivity index (χ2v) is 36.9. The number of ether oxygens (including phenoxy) is 5. The first kappa shape index (κ1) is 95.3. The van der Waals surface area contributed by atoms with E-state index in [1.54, 1.807) is 11.9 Å². The zero-order valence-electron chi connectivity index (χ0n) is 72.1. The van der Waals surface area contributed by atoms with E-state index in [-0.39, 0.29) is 78.9 Å². The first-order chi connectivity index (χ1) is 61.4. The molecule has 3 aromatic heterocycles. The number of para-hydroxylation sites is 1. The SMILES string of the molecule is CCC1(O)CC2CCC(C(=O)OC)(c3cc4c(cc3OC)N(C)C3C(O)(C(=O)NNC(=O)OCCSSCC(NC(=O)C(CNC(=O)CCCCCCCCOC5CC(O)C(O)C(CO)O5)NC(=O)CCC(NC(=O)c5ccc(NCc6cnc7nc(N)[nH]c(=O)c7n6)cc5)C(=O)O)C(=O)O)C(O)C5(CC)C=CCN6CCC43C65)c3[nH]c4ccccc4c3CCN(C2)C1. The lowest BCUT2D eigenvalue weighted by molar-refractivity contribution is -0.256. The van der Waals surface area contributed by atoms with Crippen molar-refractivity contribution in [2.24, 2.45) is 11.3 Å². The summed E-state index contributed by atoms with van der Waals surface area (Å²) < 4.78 is 29.1. The number of anilines is 3. The number of esters is 1. The molecule has 13 rings (SSSR count). The van der Waals surface area contributed by atoms with Crippen molar-refractivity contribution in [2.45, 2.75) is 212 Å². The number of H-pyrrole nitrogens is 2. The largest absolute Gasteiger partial charge is 0.496 e. The van der Waals surface area contributed by atoms with Crippen LogP contribution in [0.3, 0.4) is 0 Å². The summed E-state index contributed by atoms with van der Waals surface area (Å²) in [6.45, 7) is 5.82. The smallest absolute Gasteiger partial charge is 0.426 e. The Bertz CT molecular complexity index is 5150. The van der Waals surface area contributed by atoms with Crippen molar-refractivity contribution in [1.82, 2.24) is 66.8 Å². The molecule has 19 N–H and O–H groups in total. The highest BCUT2D eigenvalue weighted by Gasteiger charge is 2.79. The number of methoxy groups -OCH3 is 2. The zero-order valence-corrected chi connectivity index (χ0v) is 73.8. The van der Waals surface area contributed by atoms with E-state index in [2.05, 4.69) is 72.2 Å². The molecule has 6 amide bonds. The van der Waals surface area contributed by atoms with Gasteiger partial charge >= 0.3 is 24.0 Å². The molecule has 6 aromatic rings. The van der Waals surface area contributed by atoms with Crippen molar-refractivity contribution < 1.29 is 108 Å². The van der Waals surface area contributed by atoms with Gasteiger partial charge in [-0.25, -0.2) is 29.8 Å². The maximum absolute atomic E-state index is 15.6. The number of aliphatic hydroxyl groups is 6. The Kier molecular flexibility index (Phi) is 30.7. The van der Waals surface area contributed by atoms with Crippen molar-refractivity contribution in [3.63, 3.8) is 0 Å². The average molecular weight is 1820 g/mol. The number of hydrazine groups is 1. The van der Waals surface area contributed by atoms with Gasteiger partial charge in [0.2, 0.25) is 23.7 Å². The molecule has 17 atom stereocenters. The number of nitrogens with zero attached hydrogens (tertiary/aromatic N) is 6. The number of piperidine rings is 1. The summed E-state index contributed by atoms with van der Waals surface area (Å²) >= 11 is 0. The zero-order chi connectivity index (χ0) is 91.6. The molecule has 694 valence electrons. The molecule has 3 saturated heterocycles. The molecular weight excluding hydrogens is 1700 g/mol. The minimum Gasteiger partial charge on any atom is -0.496 e. The Morgan fingerprint density at radius 1 is 0.812 bits per heavy atom. The van der Waals surface area contributed by atoms with Crippen LogP contribution in [0.4, 0.5) is 22.1 Å². The minimum absolute atomic E-state index is 0.00552. The highest BCUT2D eigenvalue weighted by atomic mass is 33.1. The fourth-order valence-corrected chi connectivity index (χ4v) is 22.2. The van der Waals surface area contributed by atoms with E-state index in [0.717, 1.165) is 57.3 Å². The molecule has 6 aliphatic heterocycles. The van der Waals surface area contributed by atoms with Gasteiger partial charge in [-0.3, -0.25) is 53.8 Å². The number of benzene rings is 3. The number of carboxylic acids is 2. The van der Waals surface area contributed by atoms with Crippen molar-refractivity contribution >= 4 is 115 Å². The lowest BCUT2D eigenvalue weighted by atomic mass is 9.47. The number of fused-ring (bicyclic) bond motifs is 7. The average Bonchev–Trinajstić information content (AvgIpc) is 1.48. The predicted octanol–water partition coefficient (Wildman–Crippen LogP) is 2.41. The number of unbranched alkanes of at least 4 members (excludes halogenated alkanes) is 5. The normalized spacial score (nSPS) is 27.0. The fourth-order valence-electron chi connectivity index (χ4n) is 20.2. The number of nitrogen functional groups attached to an aromatic ring is 1. The van der Waals surface area contributed by atoms with Crippen LogP contribution in [0, 0.1) is 11.3 Å². The second kappa shape index (κ2) is 41.2. The van der Waals surface area contributed by atoms with Crippen molar-refractivity contribution in [2.75, 3.05) is 108 Å². The van der Waals surface area contributed by atoms with Gasteiger partial charge in [0.25, 0.3) is 17.4 Å². The molecule has 0 radical (unpaired) electrons. The Morgan fingerprint density at radius 2 is 1.57 bits per heavy atom. The molecule has 3 aromatic carbocycles. The third kappa shape index (κ3) is 19.9. The molecule has 1 spiro atoms. The Morgan fingerprint density at radius 3 is 2.30 bits per heavy atom. The van der Waals surface area contributed by atoms with Crippen molar-refractivity contribution in [1.29, 1.82) is 0 Å². The first-order valence-corrected chi connectivity index (χ1v) is 46.0. The molecule has 17 unspecified atom stereocenters. The van der Waals surface area contributed by atoms with Gasteiger partial charge in [-0.15, -0.1) is 0 Å². The number of amides is 6. The van der Waals surface area contributed by atoms with Crippen LogP contribution >= 0.6 is 21.6 Å². The number of carbonyl (C=O) groups is 9. The van der Waals surface area contributed by atoms with Gasteiger partial charge in [0.05, 0.1) is 57.0 Å². The monoisotopic (exact) mass is 1820 g/mol.